The fraction of sp³-hybridized carbons (Fsp3) is 0.455. The van der Waals surface area contributed by atoms with E-state index in [0.717, 1.165) is 5.56 Å². The zero-order valence-corrected chi connectivity index (χ0v) is 11.2. The topological polar surface area (TPSA) is 30.5 Å². The molecule has 0 unspecified atom stereocenters. The van der Waals surface area contributed by atoms with E-state index in [0.29, 0.717) is 23.4 Å². The van der Waals surface area contributed by atoms with Crippen LogP contribution >= 0.6 is 15.9 Å². The number of ether oxygens (including phenoxy) is 2. The predicted octanol–water partition coefficient (Wildman–Crippen LogP) is 3.17. The molecule has 3 nitrogen and oxygen atoms in total. The van der Waals surface area contributed by atoms with Gasteiger partial charge in [0.05, 0.1) is 11.1 Å². The Morgan fingerprint density at radius 1 is 1.41 bits per heavy atom. The van der Waals surface area contributed by atoms with Crippen molar-refractivity contribution in [2.24, 2.45) is 0 Å². The SMILES string of the molecule is CCOc1cc(CNC)cc(Br)c1OC(F)F. The summed E-state index contributed by atoms with van der Waals surface area (Å²) in [7, 11) is 1.80. The molecule has 0 amide bonds. The van der Waals surface area contributed by atoms with Gasteiger partial charge in [0.25, 0.3) is 0 Å². The molecule has 0 spiro atoms. The second kappa shape index (κ2) is 6.76. The van der Waals surface area contributed by atoms with Crippen molar-refractivity contribution in [1.82, 2.24) is 5.32 Å². The Morgan fingerprint density at radius 3 is 2.65 bits per heavy atom. The van der Waals surface area contributed by atoms with Gasteiger partial charge in [-0.1, -0.05) is 0 Å². The maximum Gasteiger partial charge on any atom is 0.387 e. The minimum atomic E-state index is -2.87. The van der Waals surface area contributed by atoms with E-state index in [-0.39, 0.29) is 5.75 Å². The molecule has 0 aliphatic carbocycles. The fourth-order valence-electron chi connectivity index (χ4n) is 1.39. The van der Waals surface area contributed by atoms with Crippen LogP contribution in [0.4, 0.5) is 8.78 Å². The van der Waals surface area contributed by atoms with Crippen molar-refractivity contribution < 1.29 is 18.3 Å². The molecule has 1 aromatic rings. The number of hydrogen-bond donors (Lipinski definition) is 1. The Hall–Kier alpha value is -0.880. The maximum atomic E-state index is 12.3. The molecular formula is C11H14BrF2NO2. The molecule has 0 saturated heterocycles. The van der Waals surface area contributed by atoms with Crippen LogP contribution in [0.2, 0.25) is 0 Å². The van der Waals surface area contributed by atoms with Crippen LogP contribution in [0.5, 0.6) is 11.5 Å². The van der Waals surface area contributed by atoms with E-state index in [9.17, 15) is 8.78 Å². The fourth-order valence-corrected chi connectivity index (χ4v) is 1.98. The van der Waals surface area contributed by atoms with E-state index < -0.39 is 6.61 Å². The summed E-state index contributed by atoms with van der Waals surface area (Å²) in [5, 5.41) is 2.98. The van der Waals surface area contributed by atoms with Gasteiger partial charge in [-0.2, -0.15) is 8.78 Å². The first kappa shape index (κ1) is 14.2. The van der Waals surface area contributed by atoms with Gasteiger partial charge in [-0.15, -0.1) is 0 Å². The highest BCUT2D eigenvalue weighted by molar-refractivity contribution is 9.10. The van der Waals surface area contributed by atoms with E-state index >= 15 is 0 Å². The van der Waals surface area contributed by atoms with Crippen LogP contribution in [-0.4, -0.2) is 20.3 Å². The molecule has 96 valence electrons. The van der Waals surface area contributed by atoms with E-state index in [1.165, 1.54) is 0 Å². The Kier molecular flexibility index (Phi) is 5.64. The molecule has 6 heteroatoms. The largest absolute Gasteiger partial charge is 0.490 e. The zero-order chi connectivity index (χ0) is 12.8. The van der Waals surface area contributed by atoms with Crippen LogP contribution in [0.25, 0.3) is 0 Å². The zero-order valence-electron chi connectivity index (χ0n) is 9.60. The lowest BCUT2D eigenvalue weighted by molar-refractivity contribution is -0.0519. The maximum absolute atomic E-state index is 12.3. The molecule has 0 saturated carbocycles. The van der Waals surface area contributed by atoms with Crippen LogP contribution in [0, 0.1) is 0 Å². The van der Waals surface area contributed by atoms with Crippen LogP contribution < -0.4 is 14.8 Å². The third-order valence-electron chi connectivity index (χ3n) is 1.96. The number of nitrogens with one attached hydrogen (secondary N) is 1. The smallest absolute Gasteiger partial charge is 0.387 e. The van der Waals surface area contributed by atoms with Crippen molar-refractivity contribution in [2.75, 3.05) is 13.7 Å². The minimum Gasteiger partial charge on any atom is -0.490 e. The van der Waals surface area contributed by atoms with Gasteiger partial charge in [0.2, 0.25) is 0 Å². The first-order valence-electron chi connectivity index (χ1n) is 5.13. The lowest BCUT2D eigenvalue weighted by Gasteiger charge is -2.14. The molecule has 17 heavy (non-hydrogen) atoms. The highest BCUT2D eigenvalue weighted by Crippen LogP contribution is 2.37. The quantitative estimate of drug-likeness (QED) is 0.875. The van der Waals surface area contributed by atoms with Gasteiger partial charge in [0.1, 0.15) is 0 Å². The van der Waals surface area contributed by atoms with Crippen molar-refractivity contribution in [3.63, 3.8) is 0 Å². The van der Waals surface area contributed by atoms with Crippen molar-refractivity contribution in [3.05, 3.63) is 22.2 Å². The lowest BCUT2D eigenvalue weighted by Crippen LogP contribution is -2.08. The molecule has 0 aliphatic rings. The normalized spacial score (nSPS) is 10.7. The molecule has 0 heterocycles. The Balaban J connectivity index is 3.08. The molecule has 1 rings (SSSR count). The first-order valence-corrected chi connectivity index (χ1v) is 5.92. The molecule has 0 atom stereocenters. The average Bonchev–Trinajstić information content (AvgIpc) is 2.23. The van der Waals surface area contributed by atoms with Gasteiger partial charge in [-0.3, -0.25) is 0 Å². The van der Waals surface area contributed by atoms with Crippen LogP contribution in [0.3, 0.4) is 0 Å². The summed E-state index contributed by atoms with van der Waals surface area (Å²) in [4.78, 5) is 0. The summed E-state index contributed by atoms with van der Waals surface area (Å²) in [6.07, 6.45) is 0. The molecule has 0 bridgehead atoms. The summed E-state index contributed by atoms with van der Waals surface area (Å²) in [5.41, 5.74) is 0.921. The summed E-state index contributed by atoms with van der Waals surface area (Å²) in [6, 6.07) is 3.40. The standard InChI is InChI=1S/C11H14BrF2NO2/c1-3-16-9-5-7(6-15-2)4-8(12)10(9)17-11(13)14/h4-5,11,15H,3,6H2,1-2H3. The highest BCUT2D eigenvalue weighted by Gasteiger charge is 2.16. The summed E-state index contributed by atoms with van der Waals surface area (Å²) in [6.45, 7) is -0.0892. The van der Waals surface area contributed by atoms with Crippen LogP contribution in [0.1, 0.15) is 12.5 Å². The monoisotopic (exact) mass is 309 g/mol. The molecular weight excluding hydrogens is 296 g/mol. The Morgan fingerprint density at radius 2 is 2.12 bits per heavy atom. The van der Waals surface area contributed by atoms with Crippen molar-refractivity contribution in [2.45, 2.75) is 20.1 Å². The third-order valence-corrected chi connectivity index (χ3v) is 2.55. The molecule has 1 aromatic carbocycles. The van der Waals surface area contributed by atoms with Crippen LogP contribution in [-0.2, 0) is 6.54 Å². The lowest BCUT2D eigenvalue weighted by atomic mass is 10.2. The van der Waals surface area contributed by atoms with E-state index in [1.807, 2.05) is 0 Å². The summed E-state index contributed by atoms with van der Waals surface area (Å²) in [5.74, 6) is 0.342. The Bertz CT molecular complexity index is 375. The van der Waals surface area contributed by atoms with Gasteiger partial charge in [0, 0.05) is 6.54 Å². The molecule has 0 aromatic heterocycles. The number of hydrogen-bond acceptors (Lipinski definition) is 3. The molecule has 0 aliphatic heterocycles. The van der Waals surface area contributed by atoms with Crippen molar-refractivity contribution in [1.29, 1.82) is 0 Å². The number of rotatable bonds is 6. The van der Waals surface area contributed by atoms with E-state index in [2.05, 4.69) is 26.0 Å². The summed E-state index contributed by atoms with van der Waals surface area (Å²) < 4.78 is 34.7. The van der Waals surface area contributed by atoms with Gasteiger partial charge in [0.15, 0.2) is 11.5 Å². The second-order valence-electron chi connectivity index (χ2n) is 3.25. The minimum absolute atomic E-state index is 0.0294. The second-order valence-corrected chi connectivity index (χ2v) is 4.10. The predicted molar refractivity (Wildman–Crippen MR) is 64.7 cm³/mol. The highest BCUT2D eigenvalue weighted by atomic mass is 79.9. The first-order chi connectivity index (χ1) is 8.08. The summed E-state index contributed by atoms with van der Waals surface area (Å²) >= 11 is 3.20. The van der Waals surface area contributed by atoms with Gasteiger partial charge in [-0.05, 0) is 47.6 Å². The number of benzene rings is 1. The van der Waals surface area contributed by atoms with E-state index in [4.69, 9.17) is 4.74 Å². The molecule has 0 radical (unpaired) electrons. The van der Waals surface area contributed by atoms with Gasteiger partial charge >= 0.3 is 6.61 Å². The third kappa shape index (κ3) is 4.12. The van der Waals surface area contributed by atoms with E-state index in [1.54, 1.807) is 26.1 Å². The Labute approximate surface area is 107 Å². The van der Waals surface area contributed by atoms with Gasteiger partial charge < -0.3 is 14.8 Å². The van der Waals surface area contributed by atoms with Gasteiger partial charge in [-0.25, -0.2) is 0 Å². The number of alkyl halides is 2. The van der Waals surface area contributed by atoms with Crippen LogP contribution in [0.15, 0.2) is 16.6 Å². The molecule has 1 N–H and O–H groups in total. The van der Waals surface area contributed by atoms with Crippen molar-refractivity contribution in [3.8, 4) is 11.5 Å². The molecule has 0 fully saturated rings. The number of halogens is 3. The average molecular weight is 310 g/mol. The van der Waals surface area contributed by atoms with Crippen molar-refractivity contribution >= 4 is 15.9 Å².